The summed E-state index contributed by atoms with van der Waals surface area (Å²) in [4.78, 5) is 12.3. The number of para-hydroxylation sites is 1. The zero-order valence-electron chi connectivity index (χ0n) is 11.0. The van der Waals surface area contributed by atoms with Crippen LogP contribution in [0.15, 0.2) is 70.0 Å². The van der Waals surface area contributed by atoms with E-state index < -0.39 is 21.4 Å². The molecule has 0 aliphatic heterocycles. The first-order chi connectivity index (χ1) is 10.1. The van der Waals surface area contributed by atoms with Gasteiger partial charge in [0.1, 0.15) is 11.3 Å². The maximum atomic E-state index is 12.2. The third-order valence-corrected chi connectivity index (χ3v) is 4.76. The zero-order valence-corrected chi connectivity index (χ0v) is 11.8. The van der Waals surface area contributed by atoms with Crippen molar-refractivity contribution in [2.75, 3.05) is 5.75 Å². The number of rotatable bonds is 4. The molecule has 5 heteroatoms. The Labute approximate surface area is 121 Å². The number of sulfone groups is 1. The van der Waals surface area contributed by atoms with Crippen LogP contribution in [0.1, 0.15) is 10.6 Å². The van der Waals surface area contributed by atoms with Crippen molar-refractivity contribution in [3.05, 3.63) is 66.4 Å². The summed E-state index contributed by atoms with van der Waals surface area (Å²) in [6.45, 7) is 0. The predicted octanol–water partition coefficient (Wildman–Crippen LogP) is 3.09. The smallest absolute Gasteiger partial charge is 0.213 e. The van der Waals surface area contributed by atoms with Crippen LogP contribution in [0.3, 0.4) is 0 Å². The van der Waals surface area contributed by atoms with Gasteiger partial charge in [-0.2, -0.15) is 0 Å². The number of Topliss-reactive ketones (excluding diaryl/α,β-unsaturated/α-hetero) is 1. The summed E-state index contributed by atoms with van der Waals surface area (Å²) in [5.74, 6) is -1.08. The summed E-state index contributed by atoms with van der Waals surface area (Å²) in [7, 11) is -3.65. The highest BCUT2D eigenvalue weighted by Crippen LogP contribution is 2.20. The molecule has 0 bridgehead atoms. The number of hydrogen-bond donors (Lipinski definition) is 0. The average molecular weight is 300 g/mol. The minimum absolute atomic E-state index is 0.0655. The Morgan fingerprint density at radius 2 is 1.62 bits per heavy atom. The summed E-state index contributed by atoms with van der Waals surface area (Å²) < 4.78 is 29.7. The van der Waals surface area contributed by atoms with Crippen LogP contribution < -0.4 is 0 Å². The molecule has 0 saturated heterocycles. The highest BCUT2D eigenvalue weighted by molar-refractivity contribution is 7.92. The van der Waals surface area contributed by atoms with Gasteiger partial charge in [0.15, 0.2) is 15.6 Å². The summed E-state index contributed by atoms with van der Waals surface area (Å²) in [6.07, 6.45) is 0. The molecule has 21 heavy (non-hydrogen) atoms. The van der Waals surface area contributed by atoms with E-state index in [4.69, 9.17) is 4.42 Å². The predicted molar refractivity (Wildman–Crippen MR) is 79.0 cm³/mol. The molecule has 0 spiro atoms. The van der Waals surface area contributed by atoms with Crippen molar-refractivity contribution in [1.82, 2.24) is 0 Å². The Hall–Kier alpha value is -2.40. The number of furan rings is 1. The maximum Gasteiger partial charge on any atom is 0.213 e. The van der Waals surface area contributed by atoms with E-state index in [0.29, 0.717) is 5.58 Å². The number of carbonyl (C=O) groups excluding carboxylic acids is 1. The van der Waals surface area contributed by atoms with Gasteiger partial charge in [0.25, 0.3) is 0 Å². The molecule has 1 aromatic heterocycles. The second kappa shape index (κ2) is 5.18. The molecule has 0 N–H and O–H groups in total. The number of carbonyl (C=O) groups is 1. The highest BCUT2D eigenvalue weighted by Gasteiger charge is 2.22. The summed E-state index contributed by atoms with van der Waals surface area (Å²) in [6, 6.07) is 16.6. The molecule has 3 aromatic rings. The number of benzene rings is 2. The monoisotopic (exact) mass is 300 g/mol. The molecule has 0 amide bonds. The van der Waals surface area contributed by atoms with Gasteiger partial charge in [0.05, 0.1) is 4.90 Å². The SMILES string of the molecule is O=C(CS(=O)(=O)c1ccccc1)c1cc2ccccc2o1. The van der Waals surface area contributed by atoms with Crippen molar-refractivity contribution in [1.29, 1.82) is 0 Å². The second-order valence-corrected chi connectivity index (χ2v) is 6.63. The first kappa shape index (κ1) is 13.6. The number of ketones is 1. The summed E-state index contributed by atoms with van der Waals surface area (Å²) in [5.41, 5.74) is 0.568. The fraction of sp³-hybridized carbons (Fsp3) is 0.0625. The Kier molecular flexibility index (Phi) is 3.35. The largest absolute Gasteiger partial charge is 0.453 e. The van der Waals surface area contributed by atoms with Crippen molar-refractivity contribution in [3.63, 3.8) is 0 Å². The molecule has 0 aliphatic rings. The van der Waals surface area contributed by atoms with Crippen molar-refractivity contribution >= 4 is 26.6 Å². The van der Waals surface area contributed by atoms with Gasteiger partial charge in [-0.15, -0.1) is 0 Å². The minimum Gasteiger partial charge on any atom is -0.453 e. The van der Waals surface area contributed by atoms with Gasteiger partial charge in [-0.25, -0.2) is 8.42 Å². The lowest BCUT2D eigenvalue weighted by Crippen LogP contribution is -2.15. The quantitative estimate of drug-likeness (QED) is 0.695. The first-order valence-electron chi connectivity index (χ1n) is 6.36. The van der Waals surface area contributed by atoms with Crippen LogP contribution in [0.2, 0.25) is 0 Å². The van der Waals surface area contributed by atoms with E-state index in [2.05, 4.69) is 0 Å². The summed E-state index contributed by atoms with van der Waals surface area (Å²) in [5, 5.41) is 0.776. The Balaban J connectivity index is 1.89. The van der Waals surface area contributed by atoms with Crippen molar-refractivity contribution < 1.29 is 17.6 Å². The molecule has 0 atom stereocenters. The molecule has 0 saturated carbocycles. The van der Waals surface area contributed by atoms with Gasteiger partial charge in [-0.1, -0.05) is 36.4 Å². The molecule has 0 unspecified atom stereocenters. The molecule has 2 aromatic carbocycles. The number of hydrogen-bond acceptors (Lipinski definition) is 4. The van der Waals surface area contributed by atoms with Gasteiger partial charge < -0.3 is 4.42 Å². The molecule has 1 heterocycles. The average Bonchev–Trinajstić information content (AvgIpc) is 2.92. The van der Waals surface area contributed by atoms with Crippen LogP contribution in [0, 0.1) is 0 Å². The molecule has 106 valence electrons. The lowest BCUT2D eigenvalue weighted by Gasteiger charge is -2.01. The normalized spacial score (nSPS) is 11.6. The third-order valence-electron chi connectivity index (χ3n) is 3.12. The van der Waals surface area contributed by atoms with Crippen molar-refractivity contribution in [3.8, 4) is 0 Å². The lowest BCUT2D eigenvalue weighted by atomic mass is 10.2. The van der Waals surface area contributed by atoms with E-state index in [1.165, 1.54) is 12.1 Å². The molecule has 4 nitrogen and oxygen atoms in total. The number of fused-ring (bicyclic) bond motifs is 1. The maximum absolute atomic E-state index is 12.2. The van der Waals surface area contributed by atoms with Gasteiger partial charge in [-0.05, 0) is 24.3 Å². The molecule has 3 rings (SSSR count). The van der Waals surface area contributed by atoms with Gasteiger partial charge in [0.2, 0.25) is 5.78 Å². The van der Waals surface area contributed by atoms with Crippen LogP contribution >= 0.6 is 0 Å². The molecule has 0 fully saturated rings. The zero-order chi connectivity index (χ0) is 14.9. The van der Waals surface area contributed by atoms with E-state index in [1.54, 1.807) is 42.5 Å². The molecular formula is C16H12O4S. The van der Waals surface area contributed by atoms with Crippen LogP contribution in [-0.2, 0) is 9.84 Å². The molecule has 0 radical (unpaired) electrons. The van der Waals surface area contributed by atoms with E-state index >= 15 is 0 Å². The van der Waals surface area contributed by atoms with Crippen molar-refractivity contribution in [2.45, 2.75) is 4.90 Å². The van der Waals surface area contributed by atoms with Gasteiger partial charge >= 0.3 is 0 Å². The van der Waals surface area contributed by atoms with Gasteiger partial charge in [0, 0.05) is 5.39 Å². The minimum atomic E-state index is -3.65. The Morgan fingerprint density at radius 1 is 0.952 bits per heavy atom. The lowest BCUT2D eigenvalue weighted by molar-refractivity contribution is 0.0992. The standard InChI is InChI=1S/C16H12O4S/c17-14(11-21(18,19)13-7-2-1-3-8-13)16-10-12-6-4-5-9-15(12)20-16/h1-10H,11H2. The molecular weight excluding hydrogens is 288 g/mol. The fourth-order valence-electron chi connectivity index (χ4n) is 2.07. The van der Waals surface area contributed by atoms with E-state index in [9.17, 15) is 13.2 Å². The van der Waals surface area contributed by atoms with Crippen LogP contribution in [0.4, 0.5) is 0 Å². The van der Waals surface area contributed by atoms with E-state index in [0.717, 1.165) is 5.39 Å². The Bertz CT molecular complexity index is 859. The van der Waals surface area contributed by atoms with Gasteiger partial charge in [-0.3, -0.25) is 4.79 Å². The third kappa shape index (κ3) is 2.73. The van der Waals surface area contributed by atoms with Crippen LogP contribution in [-0.4, -0.2) is 20.0 Å². The topological polar surface area (TPSA) is 64.3 Å². The fourth-order valence-corrected chi connectivity index (χ4v) is 3.30. The van der Waals surface area contributed by atoms with Crippen LogP contribution in [0.5, 0.6) is 0 Å². The summed E-state index contributed by atoms with van der Waals surface area (Å²) >= 11 is 0. The van der Waals surface area contributed by atoms with E-state index in [1.807, 2.05) is 6.07 Å². The highest BCUT2D eigenvalue weighted by atomic mass is 32.2. The first-order valence-corrected chi connectivity index (χ1v) is 8.01. The van der Waals surface area contributed by atoms with Crippen LogP contribution in [0.25, 0.3) is 11.0 Å². The Morgan fingerprint density at radius 3 is 2.33 bits per heavy atom. The second-order valence-electron chi connectivity index (χ2n) is 4.64. The molecule has 0 aliphatic carbocycles. The van der Waals surface area contributed by atoms with Crippen molar-refractivity contribution in [2.24, 2.45) is 0 Å². The van der Waals surface area contributed by atoms with E-state index in [-0.39, 0.29) is 10.7 Å².